The second-order valence-corrected chi connectivity index (χ2v) is 8.80. The molecule has 0 aromatic carbocycles. The van der Waals surface area contributed by atoms with Gasteiger partial charge in [-0.3, -0.25) is 0 Å². The molecule has 23 heavy (non-hydrogen) atoms. The number of rotatable bonds is 3. The van der Waals surface area contributed by atoms with Crippen molar-refractivity contribution in [1.29, 1.82) is 0 Å². The minimum Gasteiger partial charge on any atom is -0.444 e. The third-order valence-electron chi connectivity index (χ3n) is 3.29. The number of nitrogens with zero attached hydrogens (tertiary/aromatic N) is 3. The monoisotopic (exact) mass is 361 g/mol. The Balaban J connectivity index is 2.11. The van der Waals surface area contributed by atoms with Crippen LogP contribution in [0.15, 0.2) is 17.6 Å². The predicted octanol–water partition coefficient (Wildman–Crippen LogP) is 2.30. The first kappa shape index (κ1) is 17.9. The standard InChI is InChI=1S/C14H20ClN3O4S/c1-14(2,3)22-13(19)18-6-4-5-11(18)9-23(20,21)12-16-7-10(15)8-17-12/h7-8,11H,4-6,9H2,1-3H3/t11-/m0/s1. The van der Waals surface area contributed by atoms with Crippen molar-refractivity contribution in [2.75, 3.05) is 12.3 Å². The highest BCUT2D eigenvalue weighted by atomic mass is 35.5. The molecule has 1 fully saturated rings. The van der Waals surface area contributed by atoms with Crippen LogP contribution in [-0.2, 0) is 14.6 Å². The summed E-state index contributed by atoms with van der Waals surface area (Å²) in [5, 5.41) is -0.0156. The van der Waals surface area contributed by atoms with Crippen LogP contribution in [0.25, 0.3) is 0 Å². The van der Waals surface area contributed by atoms with E-state index in [1.807, 2.05) is 0 Å². The van der Waals surface area contributed by atoms with Gasteiger partial charge in [0.1, 0.15) is 5.60 Å². The van der Waals surface area contributed by atoms with E-state index in [0.717, 1.165) is 6.42 Å². The van der Waals surface area contributed by atoms with Gasteiger partial charge in [-0.2, -0.15) is 0 Å². The minimum absolute atomic E-state index is 0.228. The van der Waals surface area contributed by atoms with Crippen LogP contribution in [0.5, 0.6) is 0 Å². The van der Waals surface area contributed by atoms with Gasteiger partial charge in [0.05, 0.1) is 23.2 Å². The number of halogens is 1. The summed E-state index contributed by atoms with van der Waals surface area (Å²) >= 11 is 5.67. The molecule has 1 aromatic heterocycles. The predicted molar refractivity (Wildman–Crippen MR) is 85.1 cm³/mol. The van der Waals surface area contributed by atoms with Crippen LogP contribution in [0.4, 0.5) is 4.79 Å². The zero-order valence-electron chi connectivity index (χ0n) is 13.3. The molecular weight excluding hydrogens is 342 g/mol. The van der Waals surface area contributed by atoms with E-state index in [-0.39, 0.29) is 15.9 Å². The molecule has 7 nitrogen and oxygen atoms in total. The molecule has 0 N–H and O–H groups in total. The SMILES string of the molecule is CC(C)(C)OC(=O)N1CCC[C@H]1CS(=O)(=O)c1ncc(Cl)cn1. The van der Waals surface area contributed by atoms with E-state index < -0.39 is 27.6 Å². The molecule has 128 valence electrons. The number of ether oxygens (including phenoxy) is 1. The number of aromatic nitrogens is 2. The van der Waals surface area contributed by atoms with Gasteiger partial charge in [-0.05, 0) is 33.6 Å². The molecule has 0 unspecified atom stereocenters. The minimum atomic E-state index is -3.70. The summed E-state index contributed by atoms with van der Waals surface area (Å²) in [6.07, 6.45) is 3.32. The van der Waals surface area contributed by atoms with E-state index in [1.165, 1.54) is 17.3 Å². The average molecular weight is 362 g/mol. The fraction of sp³-hybridized carbons (Fsp3) is 0.643. The van der Waals surface area contributed by atoms with Crippen molar-refractivity contribution >= 4 is 27.5 Å². The van der Waals surface area contributed by atoms with Crippen molar-refractivity contribution in [3.05, 3.63) is 17.4 Å². The average Bonchev–Trinajstić information content (AvgIpc) is 2.84. The van der Waals surface area contributed by atoms with Gasteiger partial charge >= 0.3 is 6.09 Å². The van der Waals surface area contributed by atoms with Gasteiger partial charge in [0.2, 0.25) is 15.0 Å². The zero-order valence-corrected chi connectivity index (χ0v) is 14.9. The van der Waals surface area contributed by atoms with Crippen molar-refractivity contribution in [2.45, 2.75) is 50.4 Å². The van der Waals surface area contributed by atoms with Crippen molar-refractivity contribution in [3.8, 4) is 0 Å². The number of carbonyl (C=O) groups is 1. The molecule has 0 aliphatic carbocycles. The lowest BCUT2D eigenvalue weighted by Gasteiger charge is -2.28. The van der Waals surface area contributed by atoms with Gasteiger partial charge in [0.25, 0.3) is 0 Å². The number of likely N-dealkylation sites (tertiary alicyclic amines) is 1. The highest BCUT2D eigenvalue weighted by molar-refractivity contribution is 7.91. The first-order valence-electron chi connectivity index (χ1n) is 7.28. The van der Waals surface area contributed by atoms with Crippen molar-refractivity contribution in [3.63, 3.8) is 0 Å². The summed E-state index contributed by atoms with van der Waals surface area (Å²) in [6, 6.07) is -0.436. The highest BCUT2D eigenvalue weighted by Gasteiger charge is 2.36. The maximum Gasteiger partial charge on any atom is 0.410 e. The fourth-order valence-corrected chi connectivity index (χ4v) is 3.89. The Morgan fingerprint density at radius 2 is 2.00 bits per heavy atom. The van der Waals surface area contributed by atoms with Gasteiger partial charge in [-0.1, -0.05) is 11.6 Å². The number of amides is 1. The molecule has 1 amide bonds. The van der Waals surface area contributed by atoms with E-state index in [2.05, 4.69) is 9.97 Å². The van der Waals surface area contributed by atoms with E-state index in [9.17, 15) is 13.2 Å². The molecule has 1 aliphatic rings. The van der Waals surface area contributed by atoms with E-state index in [0.29, 0.717) is 13.0 Å². The summed E-state index contributed by atoms with van der Waals surface area (Å²) < 4.78 is 30.1. The van der Waals surface area contributed by atoms with E-state index in [4.69, 9.17) is 16.3 Å². The lowest BCUT2D eigenvalue weighted by molar-refractivity contribution is 0.0241. The molecule has 0 spiro atoms. The molecule has 1 saturated heterocycles. The fourth-order valence-electron chi connectivity index (χ4n) is 2.36. The van der Waals surface area contributed by atoms with Gasteiger partial charge in [0, 0.05) is 12.6 Å². The molecule has 0 saturated carbocycles. The van der Waals surface area contributed by atoms with Crippen LogP contribution in [-0.4, -0.2) is 53.3 Å². The first-order chi connectivity index (χ1) is 10.6. The molecule has 0 bridgehead atoms. The molecule has 1 atom stereocenters. The van der Waals surface area contributed by atoms with Crippen LogP contribution in [0.1, 0.15) is 33.6 Å². The summed E-state index contributed by atoms with van der Waals surface area (Å²) in [7, 11) is -3.70. The molecule has 2 heterocycles. The Morgan fingerprint density at radius 3 is 2.57 bits per heavy atom. The van der Waals surface area contributed by atoms with Gasteiger partial charge in [-0.15, -0.1) is 0 Å². The molecule has 1 aliphatic heterocycles. The summed E-state index contributed by atoms with van der Waals surface area (Å²) in [5.41, 5.74) is -0.623. The second-order valence-electron chi connectivity index (χ2n) is 6.44. The third-order valence-corrected chi connectivity index (χ3v) is 5.08. The maximum absolute atomic E-state index is 12.4. The topological polar surface area (TPSA) is 89.5 Å². The zero-order chi connectivity index (χ0) is 17.3. The van der Waals surface area contributed by atoms with Crippen LogP contribution in [0.2, 0.25) is 5.02 Å². The van der Waals surface area contributed by atoms with Crippen molar-refractivity contribution in [1.82, 2.24) is 14.9 Å². The highest BCUT2D eigenvalue weighted by Crippen LogP contribution is 2.23. The van der Waals surface area contributed by atoms with Gasteiger partial charge < -0.3 is 9.64 Å². The molecule has 9 heteroatoms. The Hall–Kier alpha value is -1.41. The molecule has 2 rings (SSSR count). The third kappa shape index (κ3) is 4.78. The lowest BCUT2D eigenvalue weighted by atomic mass is 10.2. The Morgan fingerprint density at radius 1 is 1.39 bits per heavy atom. The lowest BCUT2D eigenvalue weighted by Crippen LogP contribution is -2.42. The van der Waals surface area contributed by atoms with Crippen LogP contribution >= 0.6 is 11.6 Å². The van der Waals surface area contributed by atoms with Crippen LogP contribution in [0, 0.1) is 0 Å². The van der Waals surface area contributed by atoms with E-state index in [1.54, 1.807) is 20.8 Å². The molecule has 0 radical (unpaired) electrons. The normalized spacial score (nSPS) is 19.0. The molecular formula is C14H20ClN3O4S. The largest absolute Gasteiger partial charge is 0.444 e. The summed E-state index contributed by atoms with van der Waals surface area (Å²) in [5.74, 6) is -0.228. The Kier molecular flexibility index (Phi) is 5.15. The van der Waals surface area contributed by atoms with E-state index >= 15 is 0 Å². The number of hydrogen-bond acceptors (Lipinski definition) is 6. The second kappa shape index (κ2) is 6.60. The quantitative estimate of drug-likeness (QED) is 0.767. The number of hydrogen-bond donors (Lipinski definition) is 0. The first-order valence-corrected chi connectivity index (χ1v) is 9.31. The number of carbonyl (C=O) groups excluding carboxylic acids is 1. The molecule has 1 aromatic rings. The van der Waals surface area contributed by atoms with Gasteiger partial charge in [-0.25, -0.2) is 23.2 Å². The summed E-state index contributed by atoms with van der Waals surface area (Å²) in [6.45, 7) is 5.80. The Labute approximate surface area is 140 Å². The van der Waals surface area contributed by atoms with Crippen LogP contribution < -0.4 is 0 Å². The van der Waals surface area contributed by atoms with Crippen molar-refractivity contribution in [2.24, 2.45) is 0 Å². The summed E-state index contributed by atoms with van der Waals surface area (Å²) in [4.78, 5) is 21.2. The smallest absolute Gasteiger partial charge is 0.410 e. The maximum atomic E-state index is 12.4. The Bertz CT molecular complexity index is 670. The van der Waals surface area contributed by atoms with Crippen molar-refractivity contribution < 1.29 is 17.9 Å². The number of sulfone groups is 1. The van der Waals surface area contributed by atoms with Gasteiger partial charge in [0.15, 0.2) is 0 Å². The van der Waals surface area contributed by atoms with Crippen LogP contribution in [0.3, 0.4) is 0 Å².